The highest BCUT2D eigenvalue weighted by atomic mass is 35.5. The second kappa shape index (κ2) is 3.81. The molecule has 4 heteroatoms. The van der Waals surface area contributed by atoms with Gasteiger partial charge in [-0.1, -0.05) is 47.5 Å². The molecular weight excluding hydrogens is 295 g/mol. The summed E-state index contributed by atoms with van der Waals surface area (Å²) in [6.07, 6.45) is 0. The maximum absolute atomic E-state index is 12.1. The molecule has 20 heavy (non-hydrogen) atoms. The molecule has 0 unspecified atom stereocenters. The van der Waals surface area contributed by atoms with E-state index < -0.39 is 10.9 Å². The molecule has 2 nitrogen and oxygen atoms in total. The molecule has 0 fully saturated rings. The molecule has 0 spiro atoms. The second-order valence-electron chi connectivity index (χ2n) is 4.77. The first kappa shape index (κ1) is 11.9. The third-order valence-corrected chi connectivity index (χ3v) is 4.38. The van der Waals surface area contributed by atoms with E-state index in [-0.39, 0.29) is 5.02 Å². The summed E-state index contributed by atoms with van der Waals surface area (Å²) in [6.45, 7) is 0. The topological polar surface area (TPSA) is 34.1 Å². The standard InChI is InChI=1S/C16H6Cl2O2/c17-10-6-8-3-1-2-7-4-5-9-12(11(7)8)13(10)14(18)16(20)15(9)19/h1-6H. The van der Waals surface area contributed by atoms with Gasteiger partial charge in [0, 0.05) is 16.2 Å². The Kier molecular flexibility index (Phi) is 2.27. The lowest BCUT2D eigenvalue weighted by Crippen LogP contribution is -2.24. The van der Waals surface area contributed by atoms with E-state index in [4.69, 9.17) is 23.2 Å². The molecule has 0 atom stereocenters. The van der Waals surface area contributed by atoms with Crippen molar-refractivity contribution in [2.24, 2.45) is 0 Å². The van der Waals surface area contributed by atoms with Crippen LogP contribution in [0, 0.1) is 0 Å². The monoisotopic (exact) mass is 300 g/mol. The van der Waals surface area contributed by atoms with Crippen molar-refractivity contribution in [1.29, 1.82) is 0 Å². The van der Waals surface area contributed by atoms with Crippen LogP contribution in [-0.4, -0.2) is 0 Å². The van der Waals surface area contributed by atoms with Crippen LogP contribution in [0.2, 0.25) is 10.0 Å². The van der Waals surface area contributed by atoms with Crippen molar-refractivity contribution in [3.8, 4) is 0 Å². The van der Waals surface area contributed by atoms with Crippen LogP contribution in [0.25, 0.3) is 32.3 Å². The van der Waals surface area contributed by atoms with Crippen molar-refractivity contribution in [3.63, 3.8) is 0 Å². The maximum atomic E-state index is 12.1. The van der Waals surface area contributed by atoms with Crippen molar-refractivity contribution in [3.05, 3.63) is 66.9 Å². The molecule has 0 bridgehead atoms. The van der Waals surface area contributed by atoms with Gasteiger partial charge in [-0.25, -0.2) is 0 Å². The molecule has 0 aliphatic heterocycles. The van der Waals surface area contributed by atoms with Crippen LogP contribution in [-0.2, 0) is 0 Å². The number of hydrogen-bond donors (Lipinski definition) is 0. The second-order valence-corrected chi connectivity index (χ2v) is 5.56. The Morgan fingerprint density at radius 1 is 0.750 bits per heavy atom. The fourth-order valence-electron chi connectivity index (χ4n) is 2.85. The summed E-state index contributed by atoms with van der Waals surface area (Å²) < 4.78 is 0. The van der Waals surface area contributed by atoms with Crippen molar-refractivity contribution in [2.45, 2.75) is 0 Å². The van der Waals surface area contributed by atoms with Crippen LogP contribution < -0.4 is 10.9 Å². The molecule has 0 heterocycles. The van der Waals surface area contributed by atoms with Crippen LogP contribution >= 0.6 is 23.2 Å². The van der Waals surface area contributed by atoms with Gasteiger partial charge in [-0.3, -0.25) is 9.59 Å². The van der Waals surface area contributed by atoms with Gasteiger partial charge in [0.1, 0.15) is 5.02 Å². The third kappa shape index (κ3) is 1.30. The first-order valence-electron chi connectivity index (χ1n) is 6.02. The Balaban J connectivity index is 2.58. The fraction of sp³-hybridized carbons (Fsp3) is 0. The van der Waals surface area contributed by atoms with Gasteiger partial charge in [-0.2, -0.15) is 0 Å². The van der Waals surface area contributed by atoms with E-state index in [1.54, 1.807) is 12.1 Å². The SMILES string of the molecule is O=c1c(Cl)c2c(Cl)cc3cccc4ccc(c1=O)c2c43. The van der Waals surface area contributed by atoms with Gasteiger partial charge in [0.25, 0.3) is 0 Å². The molecule has 0 N–H and O–H groups in total. The molecule has 0 aromatic heterocycles. The fourth-order valence-corrected chi connectivity index (χ4v) is 3.49. The van der Waals surface area contributed by atoms with E-state index in [1.165, 1.54) is 0 Å². The van der Waals surface area contributed by atoms with E-state index in [0.29, 0.717) is 21.2 Å². The van der Waals surface area contributed by atoms with Crippen LogP contribution in [0.4, 0.5) is 0 Å². The van der Waals surface area contributed by atoms with Gasteiger partial charge in [-0.15, -0.1) is 0 Å². The molecule has 4 aromatic carbocycles. The third-order valence-electron chi connectivity index (χ3n) is 3.72. The Morgan fingerprint density at radius 2 is 1.50 bits per heavy atom. The van der Waals surface area contributed by atoms with Crippen molar-refractivity contribution < 1.29 is 0 Å². The van der Waals surface area contributed by atoms with E-state index in [1.807, 2.05) is 24.3 Å². The van der Waals surface area contributed by atoms with Gasteiger partial charge < -0.3 is 0 Å². The average Bonchev–Trinajstić information content (AvgIpc) is 2.44. The van der Waals surface area contributed by atoms with E-state index >= 15 is 0 Å². The molecule has 0 saturated heterocycles. The molecular formula is C16H6Cl2O2. The molecule has 4 rings (SSSR count). The Labute approximate surface area is 122 Å². The summed E-state index contributed by atoms with van der Waals surface area (Å²) >= 11 is 12.3. The summed E-state index contributed by atoms with van der Waals surface area (Å²) in [5.41, 5.74) is -1.27. The lowest BCUT2D eigenvalue weighted by Gasteiger charge is -2.11. The predicted molar refractivity (Wildman–Crippen MR) is 83.9 cm³/mol. The van der Waals surface area contributed by atoms with E-state index in [2.05, 4.69) is 0 Å². The number of rotatable bonds is 0. The van der Waals surface area contributed by atoms with E-state index in [9.17, 15) is 9.59 Å². The van der Waals surface area contributed by atoms with Crippen molar-refractivity contribution >= 4 is 55.5 Å². The molecule has 96 valence electrons. The Bertz CT molecular complexity index is 1100. The molecule has 0 amide bonds. The largest absolute Gasteiger partial charge is 0.285 e. The van der Waals surface area contributed by atoms with E-state index in [0.717, 1.165) is 16.2 Å². The number of benzene rings is 4. The van der Waals surface area contributed by atoms with Gasteiger partial charge in [0.2, 0.25) is 10.9 Å². The normalized spacial score (nSPS) is 11.9. The van der Waals surface area contributed by atoms with Gasteiger partial charge in [0.15, 0.2) is 0 Å². The van der Waals surface area contributed by atoms with Crippen LogP contribution in [0.15, 0.2) is 46.0 Å². The lowest BCUT2D eigenvalue weighted by atomic mass is 9.94. The summed E-state index contributed by atoms with van der Waals surface area (Å²) in [6, 6.07) is 11.1. The predicted octanol–water partition coefficient (Wildman–Crippen LogP) is 4.05. The smallest absolute Gasteiger partial charge is 0.245 e. The Hall–Kier alpha value is -1.90. The molecule has 0 radical (unpaired) electrons. The van der Waals surface area contributed by atoms with Gasteiger partial charge in [0.05, 0.1) is 5.02 Å². The Morgan fingerprint density at radius 3 is 2.30 bits per heavy atom. The highest BCUT2D eigenvalue weighted by Gasteiger charge is 2.18. The minimum absolute atomic E-state index is 0.0919. The molecule has 0 aliphatic carbocycles. The minimum atomic E-state index is -0.695. The van der Waals surface area contributed by atoms with Crippen LogP contribution in [0.3, 0.4) is 0 Å². The summed E-state index contributed by atoms with van der Waals surface area (Å²) in [4.78, 5) is 24.1. The highest BCUT2D eigenvalue weighted by Crippen LogP contribution is 2.39. The summed E-state index contributed by atoms with van der Waals surface area (Å²) in [5, 5.41) is 4.67. The zero-order chi connectivity index (χ0) is 14.0. The first-order chi connectivity index (χ1) is 9.59. The zero-order valence-electron chi connectivity index (χ0n) is 10.0. The molecule has 0 saturated carbocycles. The number of hydrogen-bond acceptors (Lipinski definition) is 2. The molecule has 4 aromatic rings. The quantitative estimate of drug-likeness (QED) is 0.363. The minimum Gasteiger partial charge on any atom is -0.285 e. The van der Waals surface area contributed by atoms with Crippen molar-refractivity contribution in [2.75, 3.05) is 0 Å². The molecule has 0 aliphatic rings. The van der Waals surface area contributed by atoms with Gasteiger partial charge in [-0.05, 0) is 28.3 Å². The van der Waals surface area contributed by atoms with Crippen molar-refractivity contribution in [1.82, 2.24) is 0 Å². The highest BCUT2D eigenvalue weighted by molar-refractivity contribution is 6.45. The van der Waals surface area contributed by atoms with Gasteiger partial charge >= 0.3 is 0 Å². The summed E-state index contributed by atoms with van der Waals surface area (Å²) in [5.74, 6) is 0. The van der Waals surface area contributed by atoms with Crippen LogP contribution in [0.5, 0.6) is 0 Å². The zero-order valence-corrected chi connectivity index (χ0v) is 11.5. The number of halogens is 2. The average molecular weight is 301 g/mol. The summed E-state index contributed by atoms with van der Waals surface area (Å²) in [7, 11) is 0. The lowest BCUT2D eigenvalue weighted by molar-refractivity contribution is 1.56. The van der Waals surface area contributed by atoms with Crippen LogP contribution in [0.1, 0.15) is 0 Å². The maximum Gasteiger partial charge on any atom is 0.245 e. The first-order valence-corrected chi connectivity index (χ1v) is 6.77.